The first-order chi connectivity index (χ1) is 23.7. The molecule has 3 N–H and O–H groups in total. The van der Waals surface area contributed by atoms with E-state index in [4.69, 9.17) is 10.2 Å². The van der Waals surface area contributed by atoms with E-state index in [1.807, 2.05) is 51.6 Å². The van der Waals surface area contributed by atoms with Gasteiger partial charge in [0.1, 0.15) is 0 Å². The second-order valence-electron chi connectivity index (χ2n) is 9.73. The van der Waals surface area contributed by atoms with Crippen LogP contribution in [0.2, 0.25) is 0 Å². The van der Waals surface area contributed by atoms with Crippen molar-refractivity contribution in [3.63, 3.8) is 0 Å². The molecule has 0 spiro atoms. The normalized spacial score (nSPS) is 10.1. The smallest absolute Gasteiger partial charge is 0.870 e. The van der Waals surface area contributed by atoms with Crippen molar-refractivity contribution in [1.29, 1.82) is 0 Å². The summed E-state index contributed by atoms with van der Waals surface area (Å²) in [5.41, 5.74) is 2.26. The van der Waals surface area contributed by atoms with Crippen molar-refractivity contribution < 1.29 is 50.3 Å². The minimum atomic E-state index is -0.880. The molecule has 0 saturated carbocycles. The molecular weight excluding hydrogens is 967 g/mol. The molecule has 52 heavy (non-hydrogen) atoms. The zero-order valence-electron chi connectivity index (χ0n) is 27.3. The van der Waals surface area contributed by atoms with Gasteiger partial charge in [0.2, 0.25) is 9.47 Å². The number of nitrogens with zero attached hydrogens (tertiary/aromatic N) is 6. The van der Waals surface area contributed by atoms with E-state index in [2.05, 4.69) is 119 Å². The van der Waals surface area contributed by atoms with Crippen LogP contribution in [-0.4, -0.2) is 82.9 Å². The van der Waals surface area contributed by atoms with Gasteiger partial charge < -0.3 is 20.4 Å². The Morgan fingerprint density at radius 3 is 1.46 bits per heavy atom. The van der Waals surface area contributed by atoms with Gasteiger partial charge in [0.15, 0.2) is 10.3 Å². The average Bonchev–Trinajstić information content (AvgIpc) is 3.66. The molecule has 2 heterocycles. The van der Waals surface area contributed by atoms with E-state index < -0.39 is 5.97 Å². The van der Waals surface area contributed by atoms with Gasteiger partial charge in [-0.05, 0) is 76.7 Å². The molecule has 0 aliphatic carbocycles. The van der Waals surface area contributed by atoms with Gasteiger partial charge >= 0.3 is 30.8 Å². The second kappa shape index (κ2) is 23.5. The predicted octanol–water partition coefficient (Wildman–Crippen LogP) is 5.77. The molecule has 0 aliphatic heterocycles. The number of aliphatic carboxylic acids is 1. The Hall–Kier alpha value is -2.24. The molecule has 0 atom stereocenters. The Balaban J connectivity index is 0.000000910. The van der Waals surface area contributed by atoms with Crippen molar-refractivity contribution in [1.82, 2.24) is 29.5 Å². The molecule has 0 saturated heterocycles. The van der Waals surface area contributed by atoms with Crippen LogP contribution < -0.4 is 18.9 Å². The van der Waals surface area contributed by atoms with Gasteiger partial charge in [-0.25, -0.2) is 0 Å². The van der Waals surface area contributed by atoms with E-state index in [9.17, 15) is 9.59 Å². The van der Waals surface area contributed by atoms with Crippen molar-refractivity contribution in [2.45, 2.75) is 30.8 Å². The fourth-order valence-electron chi connectivity index (χ4n) is 4.60. The predicted molar refractivity (Wildman–Crippen MR) is 217 cm³/mol. The van der Waals surface area contributed by atoms with Gasteiger partial charge in [-0.2, -0.15) is 0 Å². The first-order valence-corrected chi connectivity index (χ1v) is 19.3. The molecule has 19 heteroatoms. The van der Waals surface area contributed by atoms with Gasteiger partial charge in [-0.15, -0.1) is 20.4 Å². The largest absolute Gasteiger partial charge is 1.00 e. The summed E-state index contributed by atoms with van der Waals surface area (Å²) in [6.45, 7) is 1.16. The van der Waals surface area contributed by atoms with Crippen LogP contribution in [0.25, 0.3) is 21.5 Å². The van der Waals surface area contributed by atoms with Crippen molar-refractivity contribution in [3.8, 4) is 0 Å². The molecular formula is C33H35Br4LiN6O6S2. The minimum Gasteiger partial charge on any atom is -0.870 e. The maximum absolute atomic E-state index is 11.4. The van der Waals surface area contributed by atoms with Gasteiger partial charge in [0.25, 0.3) is 0 Å². The molecule has 0 amide bonds. The number of carbonyl (C=O) groups excluding carboxylic acids is 1. The summed E-state index contributed by atoms with van der Waals surface area (Å²) in [4.78, 5) is 22.1. The summed E-state index contributed by atoms with van der Waals surface area (Å²) in [6.07, 6.45) is 0. The van der Waals surface area contributed by atoms with Crippen LogP contribution >= 0.6 is 87.2 Å². The van der Waals surface area contributed by atoms with Crippen LogP contribution in [-0.2, 0) is 27.4 Å². The number of aromatic nitrogens is 6. The zero-order chi connectivity index (χ0) is 35.5. The first-order valence-electron chi connectivity index (χ1n) is 14.1. The number of carbonyl (C=O) groups is 2. The number of benzene rings is 4. The van der Waals surface area contributed by atoms with Gasteiger partial charge in [-0.3, -0.25) is 18.7 Å². The van der Waals surface area contributed by atoms with Crippen molar-refractivity contribution in [3.05, 3.63) is 102 Å². The number of esters is 1. The monoisotopic (exact) mass is 998 g/mol. The van der Waals surface area contributed by atoms with Gasteiger partial charge in [-0.1, -0.05) is 123 Å². The van der Waals surface area contributed by atoms with Crippen LogP contribution in [0.15, 0.2) is 102 Å². The maximum atomic E-state index is 11.4. The van der Waals surface area contributed by atoms with Crippen LogP contribution in [0.4, 0.5) is 0 Å². The fourth-order valence-corrected chi connectivity index (χ4v) is 7.96. The van der Waals surface area contributed by atoms with Crippen LogP contribution in [0.3, 0.4) is 0 Å². The zero-order valence-corrected chi connectivity index (χ0v) is 35.3. The number of halogens is 4. The van der Waals surface area contributed by atoms with Gasteiger partial charge in [0, 0.05) is 17.5 Å². The van der Waals surface area contributed by atoms with Crippen molar-refractivity contribution in [2.24, 2.45) is 0 Å². The van der Waals surface area contributed by atoms with Gasteiger partial charge in [0.05, 0.1) is 31.7 Å². The Morgan fingerprint density at radius 1 is 0.692 bits per heavy atom. The molecule has 0 fully saturated rings. The summed E-state index contributed by atoms with van der Waals surface area (Å²) >= 11 is 16.4. The molecule has 0 unspecified atom stereocenters. The number of carboxylic acid groups (broad SMARTS) is 1. The molecule has 2 aromatic heterocycles. The number of fused-ring (bicyclic) bond motifs is 2. The standard InChI is InChI=1S/C16H13Br2N3O2S.C15H11Br2N3O2S.CH4O.CH4.Li.H2O.H2/c1-23-14(22)9-24-16-20-19-15(18)21(16)8-10-6-7-13(17)12-5-3-2-4-11(10)12;16-12-6-5-9(10-3-1-2-4-11(10)12)7-20-14(17)18-19-15(20)23-8-13(21)22;1-2;;;;/h2-7H,8-9H2,1H3;1-6H,7-8H2,(H,21,22);2H,1H3;1H4;;1H2;1H/q;;;;+1;;/p-1. The number of hydrogen-bond acceptors (Lipinski definition) is 11. The molecule has 274 valence electrons. The van der Waals surface area contributed by atoms with E-state index in [0.29, 0.717) is 32.9 Å². The second-order valence-corrected chi connectivity index (χ2v) is 14.7. The molecule has 0 bridgehead atoms. The number of aliphatic hydroxyl groups excluding tert-OH is 1. The molecule has 6 rings (SSSR count). The van der Waals surface area contributed by atoms with E-state index >= 15 is 0 Å². The Bertz CT molecular complexity index is 2100. The van der Waals surface area contributed by atoms with Crippen LogP contribution in [0.1, 0.15) is 20.0 Å². The van der Waals surface area contributed by atoms with E-state index in [1.165, 1.54) is 18.9 Å². The number of carboxylic acids is 1. The summed E-state index contributed by atoms with van der Waals surface area (Å²) in [7, 11) is 2.37. The average molecular weight is 1000 g/mol. The Morgan fingerprint density at radius 2 is 1.08 bits per heavy atom. The summed E-state index contributed by atoms with van der Waals surface area (Å²) in [5.74, 6) is -1.02. The SMILES string of the molecule is C.CO.COC(=O)CSc1nnc(Br)n1Cc1ccc(Br)c2ccccc12.O=C(O)CSc1nnc(Br)n1Cc1ccc(Br)c2ccccc12.[HH].[Li+].[OH-]. The van der Waals surface area contributed by atoms with E-state index in [0.717, 1.165) is 60.5 Å². The number of rotatable bonds is 10. The van der Waals surface area contributed by atoms with Crippen LogP contribution in [0, 0.1) is 0 Å². The van der Waals surface area contributed by atoms with E-state index in [1.54, 1.807) is 0 Å². The third-order valence-corrected chi connectivity index (χ3v) is 11.2. The fraction of sp³-hybridized carbons (Fsp3) is 0.212. The summed E-state index contributed by atoms with van der Waals surface area (Å²) in [6, 6.07) is 24.5. The Kier molecular flexibility index (Phi) is 21.6. The van der Waals surface area contributed by atoms with E-state index in [-0.39, 0.29) is 50.7 Å². The number of ether oxygens (including phenoxy) is 1. The third kappa shape index (κ3) is 12.4. The number of methoxy groups -OCH3 is 1. The number of thioether (sulfide) groups is 2. The van der Waals surface area contributed by atoms with Crippen LogP contribution in [0.5, 0.6) is 0 Å². The number of aliphatic hydroxyl groups is 1. The van der Waals surface area contributed by atoms with Crippen molar-refractivity contribution in [2.75, 3.05) is 25.7 Å². The third-order valence-electron chi connectivity index (χ3n) is 6.79. The summed E-state index contributed by atoms with van der Waals surface area (Å²) < 4.78 is 11.8. The molecule has 4 aromatic carbocycles. The molecule has 0 aliphatic rings. The minimum absolute atomic E-state index is 0. The maximum Gasteiger partial charge on any atom is 1.00 e. The Labute approximate surface area is 356 Å². The molecule has 12 nitrogen and oxygen atoms in total. The molecule has 0 radical (unpaired) electrons. The first kappa shape index (κ1) is 47.8. The summed E-state index contributed by atoms with van der Waals surface area (Å²) in [5, 5.41) is 37.9. The number of hydrogen-bond donors (Lipinski definition) is 2. The topological polar surface area (TPSA) is 175 Å². The quantitative estimate of drug-likeness (QED) is 0.0966. The molecule has 6 aromatic rings. The van der Waals surface area contributed by atoms with Crippen molar-refractivity contribution >= 4 is 121 Å².